The smallest absolute Gasteiger partial charge is 0.300 e. The lowest BCUT2D eigenvalue weighted by Crippen LogP contribution is -2.26. The molecule has 3 rings (SSSR count). The minimum atomic E-state index is -0.494. The molecule has 8 heteroatoms. The van der Waals surface area contributed by atoms with Crippen molar-refractivity contribution in [1.29, 1.82) is 0 Å². The average molecular weight is 249 g/mol. The van der Waals surface area contributed by atoms with E-state index in [2.05, 4.69) is 14.9 Å². The summed E-state index contributed by atoms with van der Waals surface area (Å²) < 4.78 is 4.62. The number of hydrogen-bond donors (Lipinski definition) is 1. The van der Waals surface area contributed by atoms with Crippen molar-refractivity contribution in [1.82, 2.24) is 10.3 Å². The highest BCUT2D eigenvalue weighted by atomic mass is 16.6. The zero-order chi connectivity index (χ0) is 12.7. The second kappa shape index (κ2) is 3.91. The minimum absolute atomic E-state index is 0.0986. The highest BCUT2D eigenvalue weighted by molar-refractivity contribution is 5.93. The minimum Gasteiger partial charge on any atom is -0.368 e. The summed E-state index contributed by atoms with van der Waals surface area (Å²) in [5.74, 6) is 0. The van der Waals surface area contributed by atoms with Crippen LogP contribution >= 0.6 is 0 Å². The monoisotopic (exact) mass is 249 g/mol. The number of fused-ring (bicyclic) bond motifs is 1. The summed E-state index contributed by atoms with van der Waals surface area (Å²) in [6, 6.07) is 3.21. The maximum absolute atomic E-state index is 10.9. The molecule has 0 amide bonds. The third kappa shape index (κ3) is 1.58. The number of aromatic nitrogens is 2. The summed E-state index contributed by atoms with van der Waals surface area (Å²) in [5.41, 5.74) is 7.13. The molecule has 0 aliphatic carbocycles. The number of anilines is 1. The van der Waals surface area contributed by atoms with Gasteiger partial charge in [0.1, 0.15) is 0 Å². The summed E-state index contributed by atoms with van der Waals surface area (Å²) in [6.07, 6.45) is 0.893. The van der Waals surface area contributed by atoms with Crippen LogP contribution in [0.5, 0.6) is 0 Å². The van der Waals surface area contributed by atoms with Crippen LogP contribution in [0.4, 0.5) is 11.4 Å². The Morgan fingerprint density at radius 3 is 2.89 bits per heavy atom. The number of nitro benzene ring substituents is 1. The normalized spacial score (nSPS) is 19.6. The molecule has 18 heavy (non-hydrogen) atoms. The van der Waals surface area contributed by atoms with Crippen LogP contribution in [0.1, 0.15) is 6.42 Å². The summed E-state index contributed by atoms with van der Waals surface area (Å²) >= 11 is 0. The molecule has 0 radical (unpaired) electrons. The number of nitrogens with two attached hydrogens (primary N) is 1. The lowest BCUT2D eigenvalue weighted by molar-refractivity contribution is -0.383. The maximum atomic E-state index is 10.9. The molecule has 2 heterocycles. The Kier molecular flexibility index (Phi) is 2.37. The molecule has 1 aliphatic rings. The number of nitro groups is 1. The Morgan fingerprint density at radius 2 is 2.22 bits per heavy atom. The lowest BCUT2D eigenvalue weighted by Gasteiger charge is -2.17. The molecule has 2 N–H and O–H groups in total. The number of non-ortho nitro benzene ring substituents is 1. The molecule has 0 saturated carbocycles. The third-order valence-corrected chi connectivity index (χ3v) is 3.13. The third-order valence-electron chi connectivity index (χ3n) is 3.13. The first-order valence-corrected chi connectivity index (χ1v) is 5.57. The van der Waals surface area contributed by atoms with Crippen LogP contribution in [0.3, 0.4) is 0 Å². The standard InChI is InChI=1S/C10H11N5O3/c11-6-3-4-14(5-6)7-1-2-8(15(16)17)10-9(7)12-18-13-10/h1-2,6H,3-5,11H2/t6-/m1/s1. The second-order valence-electron chi connectivity index (χ2n) is 4.32. The SMILES string of the molecule is N[C@@H]1CCN(c2ccc([N+](=O)[O-])c3nonc23)C1. The van der Waals surface area contributed by atoms with Gasteiger partial charge in [0.15, 0.2) is 5.52 Å². The van der Waals surface area contributed by atoms with Crippen LogP contribution < -0.4 is 10.6 Å². The lowest BCUT2D eigenvalue weighted by atomic mass is 10.2. The number of benzene rings is 1. The van der Waals surface area contributed by atoms with E-state index in [0.717, 1.165) is 18.7 Å². The van der Waals surface area contributed by atoms with Gasteiger partial charge in [-0.1, -0.05) is 0 Å². The van der Waals surface area contributed by atoms with Gasteiger partial charge in [-0.15, -0.1) is 0 Å². The van der Waals surface area contributed by atoms with Gasteiger partial charge >= 0.3 is 5.69 Å². The van der Waals surface area contributed by atoms with Gasteiger partial charge in [-0.25, -0.2) is 4.63 Å². The fourth-order valence-corrected chi connectivity index (χ4v) is 2.25. The molecular formula is C10H11N5O3. The van der Waals surface area contributed by atoms with Gasteiger partial charge in [0.2, 0.25) is 5.52 Å². The summed E-state index contributed by atoms with van der Waals surface area (Å²) in [5, 5.41) is 18.2. The van der Waals surface area contributed by atoms with Gasteiger partial charge < -0.3 is 10.6 Å². The average Bonchev–Trinajstić information content (AvgIpc) is 2.95. The van der Waals surface area contributed by atoms with Crippen molar-refractivity contribution in [2.24, 2.45) is 5.73 Å². The largest absolute Gasteiger partial charge is 0.368 e. The highest BCUT2D eigenvalue weighted by Gasteiger charge is 2.26. The van der Waals surface area contributed by atoms with Crippen LogP contribution in [-0.2, 0) is 0 Å². The quantitative estimate of drug-likeness (QED) is 0.614. The number of hydrogen-bond acceptors (Lipinski definition) is 7. The molecule has 2 aromatic rings. The van der Waals surface area contributed by atoms with Gasteiger partial charge in [-0.2, -0.15) is 0 Å². The molecule has 1 saturated heterocycles. The van der Waals surface area contributed by atoms with Gasteiger partial charge in [-0.3, -0.25) is 10.1 Å². The zero-order valence-electron chi connectivity index (χ0n) is 9.44. The first-order chi connectivity index (χ1) is 8.66. The topological polar surface area (TPSA) is 111 Å². The van der Waals surface area contributed by atoms with E-state index in [1.807, 2.05) is 4.90 Å². The first-order valence-electron chi connectivity index (χ1n) is 5.57. The van der Waals surface area contributed by atoms with Crippen molar-refractivity contribution in [3.05, 3.63) is 22.2 Å². The molecule has 0 spiro atoms. The van der Waals surface area contributed by atoms with Crippen LogP contribution in [0.25, 0.3) is 11.0 Å². The first kappa shape index (κ1) is 10.9. The Bertz CT molecular complexity index is 611. The van der Waals surface area contributed by atoms with E-state index in [-0.39, 0.29) is 17.2 Å². The van der Waals surface area contributed by atoms with Crippen molar-refractivity contribution in [3.63, 3.8) is 0 Å². The van der Waals surface area contributed by atoms with Crippen LogP contribution in [-0.4, -0.2) is 34.4 Å². The summed E-state index contributed by atoms with van der Waals surface area (Å²) in [6.45, 7) is 1.51. The molecule has 0 bridgehead atoms. The van der Waals surface area contributed by atoms with E-state index in [9.17, 15) is 10.1 Å². The van der Waals surface area contributed by atoms with E-state index in [0.29, 0.717) is 12.1 Å². The van der Waals surface area contributed by atoms with Gasteiger partial charge in [0, 0.05) is 25.2 Å². The van der Waals surface area contributed by atoms with Crippen molar-refractivity contribution in [2.75, 3.05) is 18.0 Å². The Balaban J connectivity index is 2.12. The van der Waals surface area contributed by atoms with E-state index < -0.39 is 4.92 Å². The molecule has 1 aromatic heterocycles. The predicted molar refractivity (Wildman–Crippen MR) is 63.3 cm³/mol. The van der Waals surface area contributed by atoms with Gasteiger partial charge in [-0.05, 0) is 22.8 Å². The van der Waals surface area contributed by atoms with E-state index in [1.165, 1.54) is 6.07 Å². The van der Waals surface area contributed by atoms with Crippen molar-refractivity contribution >= 4 is 22.4 Å². The fourth-order valence-electron chi connectivity index (χ4n) is 2.25. The van der Waals surface area contributed by atoms with E-state index >= 15 is 0 Å². The Morgan fingerprint density at radius 1 is 1.44 bits per heavy atom. The van der Waals surface area contributed by atoms with Gasteiger partial charge in [0.05, 0.1) is 10.6 Å². The molecule has 1 aliphatic heterocycles. The molecule has 1 fully saturated rings. The van der Waals surface area contributed by atoms with Gasteiger partial charge in [0.25, 0.3) is 0 Å². The van der Waals surface area contributed by atoms with E-state index in [4.69, 9.17) is 5.73 Å². The predicted octanol–water partition coefficient (Wildman–Crippen LogP) is 0.668. The number of nitrogens with zero attached hydrogens (tertiary/aromatic N) is 4. The Hall–Kier alpha value is -2.22. The number of rotatable bonds is 2. The maximum Gasteiger partial charge on any atom is 0.300 e. The van der Waals surface area contributed by atoms with Crippen molar-refractivity contribution in [2.45, 2.75) is 12.5 Å². The Labute approximate surface area is 101 Å². The molecule has 8 nitrogen and oxygen atoms in total. The molecule has 1 aromatic carbocycles. The fraction of sp³-hybridized carbons (Fsp3) is 0.400. The van der Waals surface area contributed by atoms with E-state index in [1.54, 1.807) is 6.07 Å². The summed E-state index contributed by atoms with van der Waals surface area (Å²) in [4.78, 5) is 12.4. The zero-order valence-corrected chi connectivity index (χ0v) is 9.44. The molecular weight excluding hydrogens is 238 g/mol. The highest BCUT2D eigenvalue weighted by Crippen LogP contribution is 2.32. The van der Waals surface area contributed by atoms with Crippen molar-refractivity contribution < 1.29 is 9.55 Å². The van der Waals surface area contributed by atoms with Crippen LogP contribution in [0, 0.1) is 10.1 Å². The molecule has 94 valence electrons. The van der Waals surface area contributed by atoms with Crippen LogP contribution in [0.2, 0.25) is 0 Å². The molecule has 1 atom stereocenters. The van der Waals surface area contributed by atoms with Crippen LogP contribution in [0.15, 0.2) is 16.8 Å². The van der Waals surface area contributed by atoms with Crippen molar-refractivity contribution in [3.8, 4) is 0 Å². The summed E-state index contributed by atoms with van der Waals surface area (Å²) in [7, 11) is 0. The molecule has 0 unspecified atom stereocenters. The second-order valence-corrected chi connectivity index (χ2v) is 4.32.